The van der Waals surface area contributed by atoms with Gasteiger partial charge in [-0.1, -0.05) is 41.9 Å². The number of carbonyl (C=O) groups excluding carboxylic acids is 1. The van der Waals surface area contributed by atoms with Crippen LogP contribution >= 0.6 is 11.6 Å². The fraction of sp³-hybridized carbons (Fsp3) is 0.100. The molecular weight excluding hydrogens is 324 g/mol. The molecule has 24 heavy (non-hydrogen) atoms. The first-order valence-corrected chi connectivity index (χ1v) is 8.02. The third-order valence-electron chi connectivity index (χ3n) is 3.51. The first-order valence-electron chi connectivity index (χ1n) is 7.64. The highest BCUT2D eigenvalue weighted by molar-refractivity contribution is 6.30. The van der Waals surface area contributed by atoms with Crippen LogP contribution in [0.25, 0.3) is 22.5 Å². The average molecular weight is 340 g/mol. The number of benzene rings is 2. The van der Waals surface area contributed by atoms with Gasteiger partial charge in [0, 0.05) is 10.6 Å². The van der Waals surface area contributed by atoms with Gasteiger partial charge < -0.3 is 4.74 Å². The summed E-state index contributed by atoms with van der Waals surface area (Å²) in [6.45, 7) is 2.05. The van der Waals surface area contributed by atoms with Gasteiger partial charge in [-0.25, -0.2) is 4.79 Å². The minimum absolute atomic E-state index is 0.170. The van der Waals surface area contributed by atoms with Gasteiger partial charge in [0.1, 0.15) is 0 Å². The molecule has 0 N–H and O–H groups in total. The Morgan fingerprint density at radius 3 is 2.33 bits per heavy atom. The highest BCUT2D eigenvalue weighted by atomic mass is 35.5. The maximum Gasteiger partial charge on any atom is 0.438 e. The van der Waals surface area contributed by atoms with E-state index in [1.54, 1.807) is 13.0 Å². The topological polar surface area (TPSA) is 37.6 Å². The number of esters is 1. The van der Waals surface area contributed by atoms with Crippen molar-refractivity contribution < 1.29 is 13.9 Å². The van der Waals surface area contributed by atoms with Crippen LogP contribution in [0, 0.1) is 0 Å². The van der Waals surface area contributed by atoms with Crippen molar-refractivity contribution in [2.24, 2.45) is 0 Å². The lowest BCUT2D eigenvalue weighted by Gasteiger charge is -2.02. The minimum atomic E-state index is -0.481. The molecule has 0 aliphatic rings. The quantitative estimate of drug-likeness (QED) is 0.450. The summed E-state index contributed by atoms with van der Waals surface area (Å²) in [6, 6.07) is 20.7. The summed E-state index contributed by atoms with van der Waals surface area (Å²) in [6.07, 6.45) is 0. The van der Waals surface area contributed by atoms with Gasteiger partial charge >= 0.3 is 17.5 Å². The van der Waals surface area contributed by atoms with Gasteiger partial charge in [-0.05, 0) is 36.8 Å². The van der Waals surface area contributed by atoms with E-state index in [1.807, 2.05) is 60.7 Å². The smallest absolute Gasteiger partial charge is 0.438 e. The van der Waals surface area contributed by atoms with Gasteiger partial charge in [-0.15, -0.1) is 0 Å². The first kappa shape index (κ1) is 16.2. The highest BCUT2D eigenvalue weighted by Crippen LogP contribution is 2.29. The van der Waals surface area contributed by atoms with Crippen LogP contribution in [-0.2, 0) is 4.74 Å². The Hall–Kier alpha value is -2.65. The molecule has 2 aromatic carbocycles. The van der Waals surface area contributed by atoms with Gasteiger partial charge in [-0.2, -0.15) is 4.42 Å². The Bertz CT molecular complexity index is 843. The molecule has 3 aromatic rings. The Morgan fingerprint density at radius 2 is 1.67 bits per heavy atom. The monoisotopic (exact) mass is 339 g/mol. The predicted octanol–water partition coefficient (Wildman–Crippen LogP) is 5.72. The number of hydrogen-bond donors (Lipinski definition) is 0. The number of ether oxygens (including phenoxy) is 1. The molecule has 0 fully saturated rings. The van der Waals surface area contributed by atoms with Crippen LogP contribution in [0.5, 0.6) is 0 Å². The standard InChI is InChI=1S/C20H16ClO3/c1-2-23-20(22)19-13-16(14-8-10-17(21)11-9-14)12-18(24-19)15-6-4-3-5-7-15/h3-13H,2H2,1H3/q+1. The van der Waals surface area contributed by atoms with Crippen molar-refractivity contribution in [3.8, 4) is 22.5 Å². The molecule has 0 aliphatic carbocycles. The Morgan fingerprint density at radius 1 is 0.958 bits per heavy atom. The van der Waals surface area contributed by atoms with E-state index in [9.17, 15) is 4.79 Å². The van der Waals surface area contributed by atoms with E-state index in [4.69, 9.17) is 20.8 Å². The molecule has 3 nitrogen and oxygen atoms in total. The fourth-order valence-corrected chi connectivity index (χ4v) is 2.48. The van der Waals surface area contributed by atoms with Crippen molar-refractivity contribution in [1.29, 1.82) is 0 Å². The van der Waals surface area contributed by atoms with Gasteiger partial charge in [0.2, 0.25) is 0 Å². The third-order valence-corrected chi connectivity index (χ3v) is 3.76. The number of carbonyl (C=O) groups is 1. The molecule has 0 unspecified atom stereocenters. The van der Waals surface area contributed by atoms with E-state index < -0.39 is 5.97 Å². The molecule has 0 spiro atoms. The molecule has 1 aromatic heterocycles. The van der Waals surface area contributed by atoms with E-state index in [2.05, 4.69) is 0 Å². The zero-order valence-corrected chi connectivity index (χ0v) is 13.9. The third kappa shape index (κ3) is 3.63. The van der Waals surface area contributed by atoms with Crippen molar-refractivity contribution in [2.45, 2.75) is 6.92 Å². The molecule has 1 heterocycles. The molecule has 3 rings (SSSR count). The van der Waals surface area contributed by atoms with Gasteiger partial charge in [0.15, 0.2) is 0 Å². The second kappa shape index (κ2) is 7.28. The van der Waals surface area contributed by atoms with Crippen molar-refractivity contribution in [2.75, 3.05) is 6.61 Å². The van der Waals surface area contributed by atoms with Crippen LogP contribution < -0.4 is 0 Å². The summed E-state index contributed by atoms with van der Waals surface area (Å²) in [5.41, 5.74) is 2.69. The molecule has 120 valence electrons. The van der Waals surface area contributed by atoms with E-state index in [1.165, 1.54) is 0 Å². The lowest BCUT2D eigenvalue weighted by atomic mass is 10.0. The maximum absolute atomic E-state index is 12.1. The molecule has 0 bridgehead atoms. The number of rotatable bonds is 4. The normalized spacial score (nSPS) is 10.4. The SMILES string of the molecule is CCOC(=O)c1cc(-c2ccc(Cl)cc2)cc(-c2ccccc2)[o+]1. The Labute approximate surface area is 145 Å². The lowest BCUT2D eigenvalue weighted by molar-refractivity contribution is 0.0488. The zero-order chi connectivity index (χ0) is 16.9. The highest BCUT2D eigenvalue weighted by Gasteiger charge is 2.26. The molecule has 0 aliphatic heterocycles. The van der Waals surface area contributed by atoms with Crippen LogP contribution in [0.3, 0.4) is 0 Å². The molecular formula is C20H16ClO3+. The van der Waals surface area contributed by atoms with Crippen LogP contribution in [0.2, 0.25) is 5.02 Å². The number of hydrogen-bond acceptors (Lipinski definition) is 2. The van der Waals surface area contributed by atoms with Crippen molar-refractivity contribution in [1.82, 2.24) is 0 Å². The summed E-state index contributed by atoms with van der Waals surface area (Å²) >= 11 is 5.96. The average Bonchev–Trinajstić information content (AvgIpc) is 2.63. The minimum Gasteiger partial charge on any atom is -0.456 e. The Kier molecular flexibility index (Phi) is 4.92. The maximum atomic E-state index is 12.1. The molecule has 0 radical (unpaired) electrons. The largest absolute Gasteiger partial charge is 0.456 e. The van der Waals surface area contributed by atoms with Crippen molar-refractivity contribution in [3.63, 3.8) is 0 Å². The van der Waals surface area contributed by atoms with Crippen LogP contribution in [-0.4, -0.2) is 12.6 Å². The lowest BCUT2D eigenvalue weighted by Crippen LogP contribution is -2.05. The van der Waals surface area contributed by atoms with Crippen LogP contribution in [0.1, 0.15) is 17.5 Å². The second-order valence-corrected chi connectivity index (χ2v) is 5.60. The van der Waals surface area contributed by atoms with E-state index >= 15 is 0 Å². The molecule has 0 saturated heterocycles. The summed E-state index contributed by atoms with van der Waals surface area (Å²) in [4.78, 5) is 12.1. The second-order valence-electron chi connectivity index (χ2n) is 5.17. The Balaban J connectivity index is 2.12. The molecule has 0 saturated carbocycles. The van der Waals surface area contributed by atoms with Crippen molar-refractivity contribution in [3.05, 3.63) is 77.5 Å². The van der Waals surface area contributed by atoms with Gasteiger partial charge in [0.05, 0.1) is 24.3 Å². The van der Waals surface area contributed by atoms with Gasteiger partial charge in [-0.3, -0.25) is 0 Å². The summed E-state index contributed by atoms with van der Waals surface area (Å²) in [7, 11) is 0. The predicted molar refractivity (Wildman–Crippen MR) is 95.0 cm³/mol. The molecule has 0 amide bonds. The van der Waals surface area contributed by atoms with Crippen LogP contribution in [0.4, 0.5) is 0 Å². The number of halogens is 1. The van der Waals surface area contributed by atoms with Crippen molar-refractivity contribution >= 4 is 17.6 Å². The molecule has 4 heteroatoms. The van der Waals surface area contributed by atoms with E-state index in [-0.39, 0.29) is 5.76 Å². The van der Waals surface area contributed by atoms with E-state index in [0.29, 0.717) is 17.4 Å². The summed E-state index contributed by atoms with van der Waals surface area (Å²) in [5.74, 6) is 0.291. The fourth-order valence-electron chi connectivity index (χ4n) is 2.36. The zero-order valence-electron chi connectivity index (χ0n) is 13.2. The molecule has 0 atom stereocenters. The summed E-state index contributed by atoms with van der Waals surface area (Å²) < 4.78 is 10.8. The first-order chi connectivity index (χ1) is 11.7. The van der Waals surface area contributed by atoms with Gasteiger partial charge in [0.25, 0.3) is 0 Å². The van der Waals surface area contributed by atoms with Crippen LogP contribution in [0.15, 0.2) is 71.1 Å². The van der Waals surface area contributed by atoms with E-state index in [0.717, 1.165) is 16.7 Å². The summed E-state index contributed by atoms with van der Waals surface area (Å²) in [5, 5.41) is 0.660.